The molecule has 1 amide bonds. The molecule has 1 aliphatic carbocycles. The summed E-state index contributed by atoms with van der Waals surface area (Å²) in [5.41, 5.74) is 0.694. The highest BCUT2D eigenvalue weighted by molar-refractivity contribution is 9.10. The van der Waals surface area contributed by atoms with Crippen LogP contribution in [0.2, 0.25) is 5.02 Å². The smallest absolute Gasteiger partial charge is 0.251 e. The molecule has 128 valence electrons. The number of amides is 1. The van der Waals surface area contributed by atoms with Gasteiger partial charge >= 0.3 is 0 Å². The number of hydrogen-bond acceptors (Lipinski definition) is 4. The second-order valence-corrected chi connectivity index (χ2v) is 11.0. The maximum atomic E-state index is 12.1. The second-order valence-electron chi connectivity index (χ2n) is 6.27. The highest BCUT2D eigenvalue weighted by Crippen LogP contribution is 2.44. The van der Waals surface area contributed by atoms with E-state index in [1.165, 1.54) is 11.8 Å². The van der Waals surface area contributed by atoms with Gasteiger partial charge in [-0.05, 0) is 31.0 Å². The summed E-state index contributed by atoms with van der Waals surface area (Å²) in [5.74, 6) is 0.0974. The number of aliphatic imine (C=N–C) groups is 1. The Hall–Kier alpha value is -0.570. The molecule has 0 unspecified atom stereocenters. The fourth-order valence-corrected chi connectivity index (χ4v) is 7.72. The minimum atomic E-state index is -3.08. The van der Waals surface area contributed by atoms with Crippen LogP contribution >= 0.6 is 39.3 Å². The SMILES string of the molecule is O=C(N=C1S[C@@H]2CS(=O)(=O)C[C@H]2N1c1ccc(Br)cc1Cl)C1CC1. The van der Waals surface area contributed by atoms with Crippen LogP contribution < -0.4 is 4.90 Å². The van der Waals surface area contributed by atoms with Gasteiger partial charge in [-0.15, -0.1) is 0 Å². The zero-order valence-electron chi connectivity index (χ0n) is 12.5. The van der Waals surface area contributed by atoms with Gasteiger partial charge in [0, 0.05) is 15.6 Å². The quantitative estimate of drug-likeness (QED) is 0.694. The Labute approximate surface area is 157 Å². The molecule has 1 aromatic rings. The Morgan fingerprint density at radius 2 is 2.08 bits per heavy atom. The first kappa shape index (κ1) is 16.9. The van der Waals surface area contributed by atoms with Crippen molar-refractivity contribution in [2.45, 2.75) is 24.1 Å². The Morgan fingerprint density at radius 3 is 2.75 bits per heavy atom. The average Bonchev–Trinajstić information content (AvgIpc) is 3.22. The fraction of sp³-hybridized carbons (Fsp3) is 0.467. The summed E-state index contributed by atoms with van der Waals surface area (Å²) >= 11 is 11.1. The normalized spacial score (nSPS) is 29.9. The number of fused-ring (bicyclic) bond motifs is 1. The molecule has 2 aliphatic heterocycles. The van der Waals surface area contributed by atoms with E-state index in [1.807, 2.05) is 17.0 Å². The lowest BCUT2D eigenvalue weighted by Gasteiger charge is -2.25. The van der Waals surface area contributed by atoms with Gasteiger partial charge in [0.1, 0.15) is 0 Å². The number of amidine groups is 1. The van der Waals surface area contributed by atoms with Crippen molar-refractivity contribution in [1.29, 1.82) is 0 Å². The number of anilines is 1. The molecule has 0 bridgehead atoms. The van der Waals surface area contributed by atoms with E-state index in [-0.39, 0.29) is 34.6 Å². The first-order chi connectivity index (χ1) is 11.3. The number of sulfone groups is 1. The maximum absolute atomic E-state index is 12.1. The predicted molar refractivity (Wildman–Crippen MR) is 101 cm³/mol. The molecule has 1 aromatic carbocycles. The van der Waals surface area contributed by atoms with Crippen LogP contribution in [-0.4, -0.2) is 42.3 Å². The highest BCUT2D eigenvalue weighted by Gasteiger charge is 2.50. The summed E-state index contributed by atoms with van der Waals surface area (Å²) in [6.45, 7) is 0. The van der Waals surface area contributed by atoms with Gasteiger partial charge in [-0.1, -0.05) is 39.3 Å². The number of carbonyl (C=O) groups is 1. The molecular weight excluding hydrogens is 436 g/mol. The van der Waals surface area contributed by atoms with Crippen molar-refractivity contribution >= 4 is 65.9 Å². The van der Waals surface area contributed by atoms with E-state index >= 15 is 0 Å². The molecule has 2 atom stereocenters. The van der Waals surface area contributed by atoms with Crippen LogP contribution in [0.1, 0.15) is 12.8 Å². The van der Waals surface area contributed by atoms with Crippen molar-refractivity contribution in [3.8, 4) is 0 Å². The molecule has 0 radical (unpaired) electrons. The lowest BCUT2D eigenvalue weighted by molar-refractivity contribution is -0.118. The van der Waals surface area contributed by atoms with E-state index in [9.17, 15) is 13.2 Å². The zero-order chi connectivity index (χ0) is 17.1. The lowest BCUT2D eigenvalue weighted by Crippen LogP contribution is -2.38. The highest BCUT2D eigenvalue weighted by atomic mass is 79.9. The van der Waals surface area contributed by atoms with Crippen molar-refractivity contribution in [1.82, 2.24) is 0 Å². The molecule has 4 rings (SSSR count). The molecule has 5 nitrogen and oxygen atoms in total. The Bertz CT molecular complexity index is 854. The van der Waals surface area contributed by atoms with E-state index in [4.69, 9.17) is 11.6 Å². The number of halogens is 2. The van der Waals surface area contributed by atoms with Gasteiger partial charge < -0.3 is 4.90 Å². The third-order valence-electron chi connectivity index (χ3n) is 4.37. The van der Waals surface area contributed by atoms with Crippen LogP contribution in [0, 0.1) is 5.92 Å². The first-order valence-corrected chi connectivity index (χ1v) is 11.5. The van der Waals surface area contributed by atoms with Crippen LogP contribution in [0.3, 0.4) is 0 Å². The van der Waals surface area contributed by atoms with Gasteiger partial charge in [-0.3, -0.25) is 4.79 Å². The largest absolute Gasteiger partial charge is 0.314 e. The molecule has 0 N–H and O–H groups in total. The molecule has 2 heterocycles. The van der Waals surface area contributed by atoms with Crippen molar-refractivity contribution < 1.29 is 13.2 Å². The summed E-state index contributed by atoms with van der Waals surface area (Å²) < 4.78 is 24.9. The molecular formula is C15H14BrClN2O3S2. The monoisotopic (exact) mass is 448 g/mol. The summed E-state index contributed by atoms with van der Waals surface area (Å²) in [4.78, 5) is 18.3. The summed E-state index contributed by atoms with van der Waals surface area (Å²) in [6, 6.07) is 5.21. The van der Waals surface area contributed by atoms with Gasteiger partial charge in [-0.25, -0.2) is 8.42 Å². The van der Waals surface area contributed by atoms with Gasteiger partial charge in [-0.2, -0.15) is 4.99 Å². The van der Waals surface area contributed by atoms with E-state index in [0.717, 1.165) is 17.3 Å². The molecule has 24 heavy (non-hydrogen) atoms. The Kier molecular flexibility index (Phi) is 4.22. The maximum Gasteiger partial charge on any atom is 0.251 e. The number of hydrogen-bond donors (Lipinski definition) is 0. The zero-order valence-corrected chi connectivity index (χ0v) is 16.5. The number of benzene rings is 1. The summed E-state index contributed by atoms with van der Waals surface area (Å²) in [5, 5.41) is 0.961. The molecule has 3 fully saturated rings. The third-order valence-corrected chi connectivity index (χ3v) is 8.37. The average molecular weight is 450 g/mol. The van der Waals surface area contributed by atoms with Crippen LogP contribution in [0.5, 0.6) is 0 Å². The van der Waals surface area contributed by atoms with E-state index < -0.39 is 9.84 Å². The number of nitrogens with zero attached hydrogens (tertiary/aromatic N) is 2. The van der Waals surface area contributed by atoms with Crippen LogP contribution in [-0.2, 0) is 14.6 Å². The number of rotatable bonds is 2. The van der Waals surface area contributed by atoms with E-state index in [2.05, 4.69) is 20.9 Å². The van der Waals surface area contributed by atoms with Gasteiger partial charge in [0.25, 0.3) is 5.91 Å². The third kappa shape index (κ3) is 3.13. The molecule has 0 spiro atoms. The number of carbonyl (C=O) groups excluding carboxylic acids is 1. The van der Waals surface area contributed by atoms with Crippen LogP contribution in [0.4, 0.5) is 5.69 Å². The van der Waals surface area contributed by atoms with Gasteiger partial charge in [0.05, 0.1) is 28.3 Å². The molecule has 2 saturated heterocycles. The molecule has 1 saturated carbocycles. The van der Waals surface area contributed by atoms with E-state index in [0.29, 0.717) is 15.9 Å². The minimum absolute atomic E-state index is 0.0320. The fourth-order valence-electron chi connectivity index (χ4n) is 3.04. The van der Waals surface area contributed by atoms with Crippen LogP contribution in [0.25, 0.3) is 0 Å². The minimum Gasteiger partial charge on any atom is -0.314 e. The Balaban J connectivity index is 1.76. The van der Waals surface area contributed by atoms with Crippen molar-refractivity contribution in [2.75, 3.05) is 16.4 Å². The lowest BCUT2D eigenvalue weighted by atomic mass is 10.2. The molecule has 0 aromatic heterocycles. The van der Waals surface area contributed by atoms with Crippen molar-refractivity contribution in [3.63, 3.8) is 0 Å². The van der Waals surface area contributed by atoms with E-state index in [1.54, 1.807) is 6.07 Å². The van der Waals surface area contributed by atoms with Gasteiger partial charge in [0.2, 0.25) is 0 Å². The standard InChI is InChI=1S/C15H14BrClN2O3S2/c16-9-3-4-11(10(17)5-9)19-12-6-24(21,22)7-13(12)23-15(19)18-14(20)8-1-2-8/h3-5,8,12-13H,1-2,6-7H2/t12-,13-/m1/s1. The summed E-state index contributed by atoms with van der Waals surface area (Å²) in [6.07, 6.45) is 1.78. The molecule has 9 heteroatoms. The van der Waals surface area contributed by atoms with Gasteiger partial charge in [0.15, 0.2) is 15.0 Å². The first-order valence-electron chi connectivity index (χ1n) is 7.58. The second kappa shape index (κ2) is 6.00. The predicted octanol–water partition coefficient (Wildman–Crippen LogP) is 3.11. The topological polar surface area (TPSA) is 66.8 Å². The summed E-state index contributed by atoms with van der Waals surface area (Å²) in [7, 11) is -3.08. The Morgan fingerprint density at radius 1 is 1.33 bits per heavy atom. The van der Waals surface area contributed by atoms with Crippen molar-refractivity contribution in [3.05, 3.63) is 27.7 Å². The molecule has 3 aliphatic rings. The van der Waals surface area contributed by atoms with Crippen LogP contribution in [0.15, 0.2) is 27.7 Å². The number of thioether (sulfide) groups is 1. The van der Waals surface area contributed by atoms with Crippen molar-refractivity contribution in [2.24, 2.45) is 10.9 Å².